The van der Waals surface area contributed by atoms with Crippen LogP contribution in [0.1, 0.15) is 20.3 Å². The monoisotopic (exact) mass is 175 g/mol. The molecule has 3 heteroatoms. The molecule has 2 atom stereocenters. The number of thioether (sulfide) groups is 1. The van der Waals surface area contributed by atoms with Gasteiger partial charge in [-0.25, -0.2) is 0 Å². The van der Waals surface area contributed by atoms with Crippen molar-refractivity contribution in [3.8, 4) is 0 Å². The molecule has 0 aromatic heterocycles. The molecule has 2 nitrogen and oxygen atoms in total. The zero-order valence-corrected chi connectivity index (χ0v) is 8.08. The molecule has 0 radical (unpaired) electrons. The molecule has 0 amide bonds. The fourth-order valence-corrected chi connectivity index (χ4v) is 2.60. The van der Waals surface area contributed by atoms with Crippen molar-refractivity contribution in [2.75, 3.05) is 18.9 Å². The summed E-state index contributed by atoms with van der Waals surface area (Å²) >= 11 is 1.93. The molecule has 1 rings (SSSR count). The normalized spacial score (nSPS) is 30.3. The number of nitrogens with one attached hydrogen (secondary N) is 1. The van der Waals surface area contributed by atoms with Gasteiger partial charge >= 0.3 is 0 Å². The molecule has 0 aromatic carbocycles. The third-order valence-electron chi connectivity index (χ3n) is 2.52. The maximum absolute atomic E-state index is 9.19. The number of aliphatic hydroxyl groups excluding tert-OH is 1. The summed E-state index contributed by atoms with van der Waals surface area (Å²) in [6.45, 7) is 5.65. The van der Waals surface area contributed by atoms with Crippen LogP contribution in [0.4, 0.5) is 0 Å². The van der Waals surface area contributed by atoms with Gasteiger partial charge < -0.3 is 10.4 Å². The Labute approximate surface area is 72.8 Å². The topological polar surface area (TPSA) is 32.3 Å². The molecule has 1 fully saturated rings. The van der Waals surface area contributed by atoms with E-state index in [0.29, 0.717) is 5.37 Å². The van der Waals surface area contributed by atoms with Crippen molar-refractivity contribution in [3.63, 3.8) is 0 Å². The average molecular weight is 175 g/mol. The Morgan fingerprint density at radius 3 is 2.82 bits per heavy atom. The molecule has 1 saturated heterocycles. The van der Waals surface area contributed by atoms with Crippen molar-refractivity contribution in [2.45, 2.75) is 25.6 Å². The molecule has 2 unspecified atom stereocenters. The minimum Gasteiger partial charge on any atom is -0.396 e. The molecule has 11 heavy (non-hydrogen) atoms. The van der Waals surface area contributed by atoms with E-state index in [9.17, 15) is 5.11 Å². The van der Waals surface area contributed by atoms with Crippen molar-refractivity contribution in [3.05, 3.63) is 0 Å². The third-order valence-corrected chi connectivity index (χ3v) is 4.03. The van der Waals surface area contributed by atoms with Crippen LogP contribution in [-0.2, 0) is 0 Å². The lowest BCUT2D eigenvalue weighted by Gasteiger charge is -2.31. The fourth-order valence-electron chi connectivity index (χ4n) is 1.25. The Morgan fingerprint density at radius 2 is 2.45 bits per heavy atom. The first-order chi connectivity index (χ1) is 5.23. The van der Waals surface area contributed by atoms with Crippen LogP contribution in [0.5, 0.6) is 0 Å². The van der Waals surface area contributed by atoms with Crippen LogP contribution in [0.25, 0.3) is 0 Å². The Bertz CT molecular complexity index is 119. The average Bonchev–Trinajstić information content (AvgIpc) is 2.55. The highest BCUT2D eigenvalue weighted by atomic mass is 32.2. The van der Waals surface area contributed by atoms with E-state index in [4.69, 9.17) is 0 Å². The number of hydrogen-bond donors (Lipinski definition) is 2. The summed E-state index contributed by atoms with van der Waals surface area (Å²) in [7, 11) is 0. The zero-order valence-electron chi connectivity index (χ0n) is 7.26. The van der Waals surface area contributed by atoms with E-state index in [0.717, 1.165) is 13.0 Å². The summed E-state index contributed by atoms with van der Waals surface area (Å²) < 4.78 is 0. The second-order valence-electron chi connectivity index (χ2n) is 3.37. The van der Waals surface area contributed by atoms with Gasteiger partial charge in [0.2, 0.25) is 0 Å². The van der Waals surface area contributed by atoms with Crippen molar-refractivity contribution in [1.82, 2.24) is 5.32 Å². The number of aliphatic hydroxyl groups is 1. The van der Waals surface area contributed by atoms with E-state index >= 15 is 0 Å². The van der Waals surface area contributed by atoms with Crippen LogP contribution in [0, 0.1) is 5.41 Å². The van der Waals surface area contributed by atoms with Gasteiger partial charge in [0.25, 0.3) is 0 Å². The summed E-state index contributed by atoms with van der Waals surface area (Å²) in [5.41, 5.74) is 0.0706. The van der Waals surface area contributed by atoms with Crippen LogP contribution >= 0.6 is 11.8 Å². The molecular formula is C8H17NOS. The van der Waals surface area contributed by atoms with E-state index in [-0.39, 0.29) is 12.0 Å². The minimum absolute atomic E-state index is 0.0706. The Hall–Kier alpha value is 0.270. The highest BCUT2D eigenvalue weighted by Gasteiger charge is 2.34. The zero-order chi connectivity index (χ0) is 8.32. The predicted octanol–water partition coefficient (Wildman–Crippen LogP) is 1.06. The van der Waals surface area contributed by atoms with E-state index in [2.05, 4.69) is 19.2 Å². The van der Waals surface area contributed by atoms with Crippen molar-refractivity contribution in [1.29, 1.82) is 0 Å². The Kier molecular flexibility index (Phi) is 3.22. The smallest absolute Gasteiger partial charge is 0.0609 e. The van der Waals surface area contributed by atoms with Gasteiger partial charge in [-0.2, -0.15) is 0 Å². The first kappa shape index (κ1) is 9.36. The van der Waals surface area contributed by atoms with Gasteiger partial charge in [-0.3, -0.25) is 0 Å². The lowest BCUT2D eigenvalue weighted by atomic mass is 9.88. The van der Waals surface area contributed by atoms with E-state index in [1.54, 1.807) is 0 Å². The first-order valence-electron chi connectivity index (χ1n) is 4.19. The molecule has 1 aliphatic rings. The quantitative estimate of drug-likeness (QED) is 0.672. The predicted molar refractivity (Wildman–Crippen MR) is 49.7 cm³/mol. The van der Waals surface area contributed by atoms with Crippen LogP contribution in [0.15, 0.2) is 0 Å². The summed E-state index contributed by atoms with van der Waals surface area (Å²) in [6, 6.07) is 0. The summed E-state index contributed by atoms with van der Waals surface area (Å²) in [4.78, 5) is 0. The SMILES string of the molecule is CCC(C)(CO)C1NCCS1. The molecule has 1 aliphatic heterocycles. The molecule has 66 valence electrons. The molecule has 0 spiro atoms. The number of rotatable bonds is 3. The van der Waals surface area contributed by atoms with E-state index in [1.807, 2.05) is 11.8 Å². The highest BCUT2D eigenvalue weighted by Crippen LogP contribution is 2.34. The fraction of sp³-hybridized carbons (Fsp3) is 1.00. The van der Waals surface area contributed by atoms with Crippen LogP contribution in [-0.4, -0.2) is 29.4 Å². The second kappa shape index (κ2) is 3.78. The molecular weight excluding hydrogens is 158 g/mol. The molecule has 0 saturated carbocycles. The Morgan fingerprint density at radius 1 is 1.73 bits per heavy atom. The molecule has 0 aliphatic carbocycles. The first-order valence-corrected chi connectivity index (χ1v) is 5.23. The van der Waals surface area contributed by atoms with Gasteiger partial charge in [-0.15, -0.1) is 11.8 Å². The maximum Gasteiger partial charge on any atom is 0.0609 e. The molecule has 1 heterocycles. The summed E-state index contributed by atoms with van der Waals surface area (Å²) in [5.74, 6) is 1.18. The van der Waals surface area contributed by atoms with Gasteiger partial charge in [0, 0.05) is 17.7 Å². The van der Waals surface area contributed by atoms with Crippen molar-refractivity contribution >= 4 is 11.8 Å². The van der Waals surface area contributed by atoms with E-state index < -0.39 is 0 Å². The van der Waals surface area contributed by atoms with E-state index in [1.165, 1.54) is 5.75 Å². The van der Waals surface area contributed by atoms with Gasteiger partial charge in [-0.05, 0) is 6.42 Å². The standard InChI is InChI=1S/C8H17NOS/c1-3-8(2,6-10)7-9-4-5-11-7/h7,9-10H,3-6H2,1-2H3. The Balaban J connectivity index is 2.52. The van der Waals surface area contributed by atoms with Crippen LogP contribution in [0.2, 0.25) is 0 Å². The van der Waals surface area contributed by atoms with Crippen LogP contribution < -0.4 is 5.32 Å². The molecule has 0 aromatic rings. The van der Waals surface area contributed by atoms with Gasteiger partial charge in [-0.1, -0.05) is 13.8 Å². The summed E-state index contributed by atoms with van der Waals surface area (Å²) in [6.07, 6.45) is 1.04. The van der Waals surface area contributed by atoms with Gasteiger partial charge in [0.05, 0.1) is 12.0 Å². The minimum atomic E-state index is 0.0706. The van der Waals surface area contributed by atoms with Crippen molar-refractivity contribution < 1.29 is 5.11 Å². The summed E-state index contributed by atoms with van der Waals surface area (Å²) in [5, 5.41) is 13.1. The van der Waals surface area contributed by atoms with Gasteiger partial charge in [0.1, 0.15) is 0 Å². The van der Waals surface area contributed by atoms with Crippen molar-refractivity contribution in [2.24, 2.45) is 5.41 Å². The highest BCUT2D eigenvalue weighted by molar-refractivity contribution is 8.00. The lowest BCUT2D eigenvalue weighted by Crippen LogP contribution is -2.39. The molecule has 0 bridgehead atoms. The van der Waals surface area contributed by atoms with Crippen LogP contribution in [0.3, 0.4) is 0 Å². The number of hydrogen-bond acceptors (Lipinski definition) is 3. The lowest BCUT2D eigenvalue weighted by molar-refractivity contribution is 0.127. The van der Waals surface area contributed by atoms with Gasteiger partial charge in [0.15, 0.2) is 0 Å². The maximum atomic E-state index is 9.19. The second-order valence-corrected chi connectivity index (χ2v) is 4.58. The third kappa shape index (κ3) is 1.89. The molecule has 2 N–H and O–H groups in total. The largest absolute Gasteiger partial charge is 0.396 e.